The molecule has 3 heteroatoms. The molecule has 1 aliphatic carbocycles. The molecule has 1 fully saturated rings. The van der Waals surface area contributed by atoms with Gasteiger partial charge in [0.2, 0.25) is 0 Å². The third kappa shape index (κ3) is 3.12. The Bertz CT molecular complexity index is 224. The minimum atomic E-state index is 0.269. The van der Waals surface area contributed by atoms with Gasteiger partial charge < -0.3 is 0 Å². The topological polar surface area (TPSA) is 27.0 Å². The van der Waals surface area contributed by atoms with E-state index < -0.39 is 0 Å². The third-order valence-corrected chi connectivity index (χ3v) is 4.29. The maximum Gasteiger partial charge on any atom is 0.0672 e. The van der Waals surface area contributed by atoms with Gasteiger partial charge in [0.25, 0.3) is 0 Å². The summed E-state index contributed by atoms with van der Waals surface area (Å²) >= 11 is 1.91. The highest BCUT2D eigenvalue weighted by molar-refractivity contribution is 7.98. The van der Waals surface area contributed by atoms with E-state index >= 15 is 0 Å². The number of rotatable bonds is 5. The summed E-state index contributed by atoms with van der Waals surface area (Å²) in [7, 11) is 2.20. The Morgan fingerprint density at radius 2 is 2.27 bits per heavy atom. The van der Waals surface area contributed by atoms with Crippen LogP contribution in [0, 0.1) is 17.2 Å². The van der Waals surface area contributed by atoms with Gasteiger partial charge in [0.1, 0.15) is 0 Å². The van der Waals surface area contributed by atoms with Crippen molar-refractivity contribution in [3.63, 3.8) is 0 Å². The molecule has 0 heterocycles. The molecule has 0 bridgehead atoms. The number of nitrogens with zero attached hydrogens (tertiary/aromatic N) is 2. The molecule has 2 nitrogen and oxygen atoms in total. The predicted octanol–water partition coefficient (Wildman–Crippen LogP) is 2.75. The largest absolute Gasteiger partial charge is 0.298 e. The lowest BCUT2D eigenvalue weighted by Crippen LogP contribution is -2.42. The molecule has 1 saturated carbocycles. The summed E-state index contributed by atoms with van der Waals surface area (Å²) in [6, 6.07) is 3.61. The van der Waals surface area contributed by atoms with Crippen molar-refractivity contribution in [1.82, 2.24) is 4.90 Å². The van der Waals surface area contributed by atoms with Gasteiger partial charge in [0, 0.05) is 17.8 Å². The van der Waals surface area contributed by atoms with Crippen LogP contribution < -0.4 is 0 Å². The Hall–Kier alpha value is -0.200. The second-order valence-electron chi connectivity index (χ2n) is 4.42. The molecule has 0 spiro atoms. The minimum absolute atomic E-state index is 0.269. The SMILES string of the molecule is CCC(CSC)N(C)C1CCCC1C#N. The van der Waals surface area contributed by atoms with E-state index in [1.54, 1.807) is 0 Å². The van der Waals surface area contributed by atoms with Crippen molar-refractivity contribution in [1.29, 1.82) is 5.26 Å². The molecule has 1 rings (SSSR count). The lowest BCUT2D eigenvalue weighted by atomic mass is 10.0. The third-order valence-electron chi connectivity index (χ3n) is 3.57. The summed E-state index contributed by atoms with van der Waals surface area (Å²) in [5, 5.41) is 9.09. The van der Waals surface area contributed by atoms with Crippen LogP contribution in [0.15, 0.2) is 0 Å². The standard InChI is InChI=1S/C12H22N2S/c1-4-11(9-15-3)14(2)12-7-5-6-10(12)8-13/h10-12H,4-7,9H2,1-3H3. The van der Waals surface area contributed by atoms with E-state index in [1.165, 1.54) is 25.0 Å². The van der Waals surface area contributed by atoms with Crippen molar-refractivity contribution in [3.8, 4) is 6.07 Å². The lowest BCUT2D eigenvalue weighted by molar-refractivity contribution is 0.166. The molecular formula is C12H22N2S. The van der Waals surface area contributed by atoms with Gasteiger partial charge in [-0.25, -0.2) is 0 Å². The number of thioether (sulfide) groups is 1. The van der Waals surface area contributed by atoms with E-state index in [4.69, 9.17) is 5.26 Å². The van der Waals surface area contributed by atoms with Gasteiger partial charge in [-0.3, -0.25) is 4.90 Å². The maximum atomic E-state index is 9.09. The predicted molar refractivity (Wildman–Crippen MR) is 67.0 cm³/mol. The molecule has 3 unspecified atom stereocenters. The first-order chi connectivity index (χ1) is 7.24. The summed E-state index contributed by atoms with van der Waals surface area (Å²) in [5.41, 5.74) is 0. The van der Waals surface area contributed by atoms with Crippen LogP contribution in [0.5, 0.6) is 0 Å². The molecule has 0 aliphatic heterocycles. The van der Waals surface area contributed by atoms with Gasteiger partial charge in [-0.2, -0.15) is 17.0 Å². The van der Waals surface area contributed by atoms with Crippen molar-refractivity contribution in [2.24, 2.45) is 5.92 Å². The molecule has 0 aromatic rings. The van der Waals surface area contributed by atoms with Crippen LogP contribution in [0.4, 0.5) is 0 Å². The summed E-state index contributed by atoms with van der Waals surface area (Å²) < 4.78 is 0. The average Bonchev–Trinajstić information content (AvgIpc) is 2.72. The zero-order valence-corrected chi connectivity index (χ0v) is 10.9. The van der Waals surface area contributed by atoms with Crippen LogP contribution in [0.2, 0.25) is 0 Å². The fraction of sp³-hybridized carbons (Fsp3) is 0.917. The first kappa shape index (κ1) is 12.9. The number of nitriles is 1. The molecule has 0 saturated heterocycles. The quantitative estimate of drug-likeness (QED) is 0.721. The number of hydrogen-bond acceptors (Lipinski definition) is 3. The molecule has 0 amide bonds. The first-order valence-corrected chi connectivity index (χ1v) is 7.24. The van der Waals surface area contributed by atoms with Crippen molar-refractivity contribution >= 4 is 11.8 Å². The second kappa shape index (κ2) is 6.40. The van der Waals surface area contributed by atoms with Crippen LogP contribution in [0.3, 0.4) is 0 Å². The summed E-state index contributed by atoms with van der Waals surface area (Å²) in [4.78, 5) is 2.46. The summed E-state index contributed by atoms with van der Waals surface area (Å²) in [5.74, 6) is 1.45. The van der Waals surface area contributed by atoms with E-state index in [1.807, 2.05) is 11.8 Å². The van der Waals surface area contributed by atoms with Crippen molar-refractivity contribution in [2.75, 3.05) is 19.1 Å². The smallest absolute Gasteiger partial charge is 0.0672 e. The van der Waals surface area contributed by atoms with Crippen LogP contribution in [0.25, 0.3) is 0 Å². The van der Waals surface area contributed by atoms with Gasteiger partial charge in [-0.05, 0) is 32.6 Å². The Kier molecular flexibility index (Phi) is 5.49. The van der Waals surface area contributed by atoms with Crippen molar-refractivity contribution in [3.05, 3.63) is 0 Å². The Labute approximate surface area is 98.0 Å². The second-order valence-corrected chi connectivity index (χ2v) is 5.33. The minimum Gasteiger partial charge on any atom is -0.298 e. The fourth-order valence-electron chi connectivity index (χ4n) is 2.57. The van der Waals surface area contributed by atoms with E-state index in [-0.39, 0.29) is 5.92 Å². The molecule has 0 aromatic carbocycles. The van der Waals surface area contributed by atoms with Crippen molar-refractivity contribution in [2.45, 2.75) is 44.7 Å². The van der Waals surface area contributed by atoms with Gasteiger partial charge in [-0.1, -0.05) is 13.3 Å². The molecule has 1 aliphatic rings. The van der Waals surface area contributed by atoms with Gasteiger partial charge >= 0.3 is 0 Å². The summed E-state index contributed by atoms with van der Waals surface area (Å²) in [6.07, 6.45) is 6.88. The lowest BCUT2D eigenvalue weighted by Gasteiger charge is -2.33. The summed E-state index contributed by atoms with van der Waals surface area (Å²) in [6.45, 7) is 2.24. The highest BCUT2D eigenvalue weighted by Crippen LogP contribution is 2.30. The van der Waals surface area contributed by atoms with Crippen LogP contribution >= 0.6 is 11.8 Å². The van der Waals surface area contributed by atoms with E-state index in [9.17, 15) is 0 Å². The van der Waals surface area contributed by atoms with Gasteiger partial charge in [-0.15, -0.1) is 0 Å². The van der Waals surface area contributed by atoms with Gasteiger partial charge in [0.15, 0.2) is 0 Å². The van der Waals surface area contributed by atoms with E-state index in [0.717, 1.165) is 6.42 Å². The van der Waals surface area contributed by atoms with Crippen molar-refractivity contribution < 1.29 is 0 Å². The molecule has 86 valence electrons. The molecule has 0 radical (unpaired) electrons. The number of hydrogen-bond donors (Lipinski definition) is 0. The normalized spacial score (nSPS) is 27.9. The first-order valence-electron chi connectivity index (χ1n) is 5.85. The zero-order chi connectivity index (χ0) is 11.3. The highest BCUT2D eigenvalue weighted by Gasteiger charge is 2.32. The molecule has 0 N–H and O–H groups in total. The van der Waals surface area contributed by atoms with Crippen LogP contribution in [-0.2, 0) is 0 Å². The Morgan fingerprint density at radius 3 is 2.80 bits per heavy atom. The molecule has 3 atom stereocenters. The molecule has 15 heavy (non-hydrogen) atoms. The van der Waals surface area contributed by atoms with Gasteiger partial charge in [0.05, 0.1) is 12.0 Å². The van der Waals surface area contributed by atoms with E-state index in [2.05, 4.69) is 31.2 Å². The molecular weight excluding hydrogens is 204 g/mol. The Morgan fingerprint density at radius 1 is 1.53 bits per heavy atom. The monoisotopic (exact) mass is 226 g/mol. The zero-order valence-electron chi connectivity index (χ0n) is 10.1. The average molecular weight is 226 g/mol. The van der Waals surface area contributed by atoms with Crippen LogP contribution in [0.1, 0.15) is 32.6 Å². The van der Waals surface area contributed by atoms with E-state index in [0.29, 0.717) is 12.1 Å². The fourth-order valence-corrected chi connectivity index (χ4v) is 3.42. The molecule has 0 aromatic heterocycles. The maximum absolute atomic E-state index is 9.09. The highest BCUT2D eigenvalue weighted by atomic mass is 32.2. The Balaban J connectivity index is 2.57. The van der Waals surface area contributed by atoms with Crippen LogP contribution in [-0.4, -0.2) is 36.0 Å².